The first kappa shape index (κ1) is 13.4. The van der Waals surface area contributed by atoms with Crippen molar-refractivity contribution in [1.29, 1.82) is 0 Å². The molecule has 3 aromatic rings. The predicted molar refractivity (Wildman–Crippen MR) is 86.0 cm³/mol. The van der Waals surface area contributed by atoms with E-state index in [1.165, 1.54) is 0 Å². The lowest BCUT2D eigenvalue weighted by molar-refractivity contribution is 0.471. The summed E-state index contributed by atoms with van der Waals surface area (Å²) in [4.78, 5) is 4.31. The Morgan fingerprint density at radius 2 is 2.00 bits per heavy atom. The van der Waals surface area contributed by atoms with Crippen molar-refractivity contribution in [1.82, 2.24) is 4.98 Å². The molecular formula is C15H13BrN2OS. The van der Waals surface area contributed by atoms with Crippen LogP contribution in [0.25, 0.3) is 10.6 Å². The van der Waals surface area contributed by atoms with E-state index >= 15 is 0 Å². The Bertz CT molecular complexity index is 676. The molecule has 0 radical (unpaired) electrons. The van der Waals surface area contributed by atoms with E-state index in [9.17, 15) is 0 Å². The van der Waals surface area contributed by atoms with Crippen LogP contribution in [0.2, 0.25) is 0 Å². The van der Waals surface area contributed by atoms with Gasteiger partial charge in [-0.1, -0.05) is 0 Å². The minimum atomic E-state index is 0.118. The van der Waals surface area contributed by atoms with Gasteiger partial charge in [0, 0.05) is 22.8 Å². The number of nitrogens with zero attached hydrogens (tertiary/aromatic N) is 1. The molecule has 1 unspecified atom stereocenters. The molecule has 0 amide bonds. The van der Waals surface area contributed by atoms with Crippen molar-refractivity contribution >= 4 is 33.0 Å². The van der Waals surface area contributed by atoms with Gasteiger partial charge in [-0.2, -0.15) is 0 Å². The zero-order chi connectivity index (χ0) is 13.9. The number of rotatable bonds is 4. The van der Waals surface area contributed by atoms with E-state index in [-0.39, 0.29) is 6.04 Å². The van der Waals surface area contributed by atoms with Crippen molar-refractivity contribution in [2.75, 3.05) is 5.32 Å². The average Bonchev–Trinajstić information content (AvgIpc) is 3.10. The third kappa shape index (κ3) is 2.94. The molecule has 1 aromatic carbocycles. The van der Waals surface area contributed by atoms with Crippen LogP contribution in [0.15, 0.2) is 57.1 Å². The van der Waals surface area contributed by atoms with Gasteiger partial charge < -0.3 is 9.73 Å². The molecule has 0 bridgehead atoms. The number of hydrogen-bond acceptors (Lipinski definition) is 4. The lowest BCUT2D eigenvalue weighted by Gasteiger charge is -2.13. The van der Waals surface area contributed by atoms with Gasteiger partial charge in [-0.15, -0.1) is 11.3 Å². The normalized spacial score (nSPS) is 12.3. The maximum atomic E-state index is 5.55. The maximum absolute atomic E-state index is 5.55. The van der Waals surface area contributed by atoms with Crippen molar-refractivity contribution in [3.05, 3.63) is 58.4 Å². The van der Waals surface area contributed by atoms with Crippen LogP contribution in [0, 0.1) is 0 Å². The summed E-state index contributed by atoms with van der Waals surface area (Å²) in [5.74, 6) is 0.904. The predicted octanol–water partition coefficient (Wildman–Crippen LogP) is 5.34. The smallest absolute Gasteiger partial charge is 0.169 e. The number of thiazole rings is 1. The third-order valence-corrected chi connectivity index (χ3v) is 4.22. The Morgan fingerprint density at radius 3 is 2.60 bits per heavy atom. The van der Waals surface area contributed by atoms with Gasteiger partial charge >= 0.3 is 0 Å². The van der Waals surface area contributed by atoms with Gasteiger partial charge in [-0.3, -0.25) is 0 Å². The van der Waals surface area contributed by atoms with E-state index in [2.05, 4.69) is 57.4 Å². The molecule has 0 aliphatic heterocycles. The summed E-state index contributed by atoms with van der Waals surface area (Å²) >= 11 is 4.96. The van der Waals surface area contributed by atoms with Crippen LogP contribution in [0.4, 0.5) is 5.69 Å². The largest absolute Gasteiger partial charge is 0.452 e. The lowest BCUT2D eigenvalue weighted by atomic mass is 10.2. The van der Waals surface area contributed by atoms with Crippen LogP contribution >= 0.6 is 27.3 Å². The van der Waals surface area contributed by atoms with Crippen LogP contribution in [-0.2, 0) is 0 Å². The second-order valence-corrected chi connectivity index (χ2v) is 6.10. The van der Waals surface area contributed by atoms with Gasteiger partial charge in [-0.05, 0) is 59.3 Å². The van der Waals surface area contributed by atoms with Gasteiger partial charge in [0.05, 0.1) is 6.04 Å². The van der Waals surface area contributed by atoms with Gasteiger partial charge in [-0.25, -0.2) is 4.98 Å². The number of halogens is 1. The molecule has 0 saturated heterocycles. The number of nitrogens with one attached hydrogen (secondary N) is 1. The van der Waals surface area contributed by atoms with Crippen molar-refractivity contribution in [2.45, 2.75) is 13.0 Å². The maximum Gasteiger partial charge on any atom is 0.169 e. The highest BCUT2D eigenvalue weighted by Crippen LogP contribution is 2.26. The van der Waals surface area contributed by atoms with Crippen LogP contribution in [0.1, 0.15) is 18.7 Å². The molecule has 0 fully saturated rings. The molecule has 1 N–H and O–H groups in total. The topological polar surface area (TPSA) is 38.1 Å². The van der Waals surface area contributed by atoms with E-state index in [0.29, 0.717) is 0 Å². The van der Waals surface area contributed by atoms with Crippen LogP contribution in [0.3, 0.4) is 0 Å². The van der Waals surface area contributed by atoms with Gasteiger partial charge in [0.25, 0.3) is 0 Å². The summed E-state index contributed by atoms with van der Waals surface area (Å²) in [6.07, 6.45) is 1.82. The van der Waals surface area contributed by atoms with Crippen LogP contribution in [-0.4, -0.2) is 4.98 Å². The van der Waals surface area contributed by atoms with Crippen molar-refractivity contribution in [3.8, 4) is 10.6 Å². The van der Waals surface area contributed by atoms with E-state index in [4.69, 9.17) is 4.42 Å². The fourth-order valence-electron chi connectivity index (χ4n) is 1.96. The van der Waals surface area contributed by atoms with E-state index < -0.39 is 0 Å². The fourth-order valence-corrected chi connectivity index (χ4v) is 2.92. The minimum absolute atomic E-state index is 0.118. The molecule has 0 spiro atoms. The first-order chi connectivity index (χ1) is 9.72. The number of benzene rings is 1. The standard InChI is InChI=1S/C15H13BrN2OS/c1-10(13-6-7-14(16)19-13)18-12-4-2-11(3-5-12)15-17-8-9-20-15/h2-10,18H,1H3. The molecule has 1 atom stereocenters. The Morgan fingerprint density at radius 1 is 1.20 bits per heavy atom. The van der Waals surface area contributed by atoms with Gasteiger partial charge in [0.2, 0.25) is 0 Å². The average molecular weight is 349 g/mol. The number of anilines is 1. The van der Waals surface area contributed by atoms with Crippen molar-refractivity contribution in [2.24, 2.45) is 0 Å². The molecule has 2 heterocycles. The number of hydrogen-bond donors (Lipinski definition) is 1. The summed E-state index contributed by atoms with van der Waals surface area (Å²) < 4.78 is 6.30. The lowest BCUT2D eigenvalue weighted by Crippen LogP contribution is -2.05. The third-order valence-electron chi connectivity index (χ3n) is 2.97. The fraction of sp³-hybridized carbons (Fsp3) is 0.133. The van der Waals surface area contributed by atoms with Gasteiger partial charge in [0.15, 0.2) is 4.67 Å². The summed E-state index contributed by atoms with van der Waals surface area (Å²) in [6, 6.07) is 12.3. The summed E-state index contributed by atoms with van der Waals surface area (Å²) in [6.45, 7) is 2.07. The first-order valence-corrected chi connectivity index (χ1v) is 7.91. The van der Waals surface area contributed by atoms with E-state index in [0.717, 1.165) is 26.7 Å². The molecule has 0 aliphatic carbocycles. The summed E-state index contributed by atoms with van der Waals surface area (Å²) in [5.41, 5.74) is 2.20. The van der Waals surface area contributed by atoms with E-state index in [1.54, 1.807) is 11.3 Å². The molecule has 3 nitrogen and oxygen atoms in total. The monoisotopic (exact) mass is 348 g/mol. The van der Waals surface area contributed by atoms with Crippen LogP contribution in [0.5, 0.6) is 0 Å². The highest BCUT2D eigenvalue weighted by molar-refractivity contribution is 9.10. The molecule has 20 heavy (non-hydrogen) atoms. The number of aromatic nitrogens is 1. The van der Waals surface area contributed by atoms with Crippen molar-refractivity contribution < 1.29 is 4.42 Å². The van der Waals surface area contributed by atoms with Gasteiger partial charge in [0.1, 0.15) is 10.8 Å². The zero-order valence-electron chi connectivity index (χ0n) is 10.8. The molecule has 102 valence electrons. The summed E-state index contributed by atoms with van der Waals surface area (Å²) in [7, 11) is 0. The molecular weight excluding hydrogens is 336 g/mol. The highest BCUT2D eigenvalue weighted by atomic mass is 79.9. The molecule has 0 aliphatic rings. The Balaban J connectivity index is 1.72. The van der Waals surface area contributed by atoms with Crippen molar-refractivity contribution in [3.63, 3.8) is 0 Å². The Kier molecular flexibility index (Phi) is 3.89. The Labute approximate surface area is 129 Å². The second kappa shape index (κ2) is 5.81. The first-order valence-electron chi connectivity index (χ1n) is 6.24. The highest BCUT2D eigenvalue weighted by Gasteiger charge is 2.09. The van der Waals surface area contributed by atoms with E-state index in [1.807, 2.05) is 23.7 Å². The second-order valence-electron chi connectivity index (χ2n) is 4.42. The summed E-state index contributed by atoms with van der Waals surface area (Å²) in [5, 5.41) is 6.44. The SMILES string of the molecule is CC(Nc1ccc(-c2nccs2)cc1)c1ccc(Br)o1. The molecule has 5 heteroatoms. The number of furan rings is 1. The molecule has 0 saturated carbocycles. The zero-order valence-corrected chi connectivity index (χ0v) is 13.2. The Hall–Kier alpha value is -1.59. The molecule has 2 aromatic heterocycles. The quantitative estimate of drug-likeness (QED) is 0.691. The minimum Gasteiger partial charge on any atom is -0.452 e. The molecule has 3 rings (SSSR count). The van der Waals surface area contributed by atoms with Crippen LogP contribution < -0.4 is 5.32 Å².